The average molecular weight is 241 g/mol. The molecule has 0 bridgehead atoms. The second kappa shape index (κ2) is 5.21. The fraction of sp³-hybridized carbons (Fsp3) is 0.667. The molecule has 1 unspecified atom stereocenters. The number of nitrogens with zero attached hydrogens (tertiary/aromatic N) is 1. The average Bonchev–Trinajstić information content (AvgIpc) is 2.63. The van der Waals surface area contributed by atoms with Crippen molar-refractivity contribution in [2.75, 3.05) is 6.54 Å². The van der Waals surface area contributed by atoms with Crippen molar-refractivity contribution in [2.45, 2.75) is 45.3 Å². The molecule has 0 aromatic heterocycles. The Hall–Kier alpha value is -1.52. The third-order valence-corrected chi connectivity index (χ3v) is 2.35. The van der Waals surface area contributed by atoms with Crippen LogP contribution in [0.15, 0.2) is 12.8 Å². The van der Waals surface area contributed by atoms with Crippen molar-refractivity contribution >= 4 is 12.1 Å². The van der Waals surface area contributed by atoms with Gasteiger partial charge in [-0.15, -0.1) is 0 Å². The van der Waals surface area contributed by atoms with Crippen LogP contribution in [0.25, 0.3) is 0 Å². The maximum atomic E-state index is 11.9. The van der Waals surface area contributed by atoms with E-state index < -0.39 is 23.7 Å². The van der Waals surface area contributed by atoms with Gasteiger partial charge in [-0.3, -0.25) is 4.90 Å². The van der Waals surface area contributed by atoms with Gasteiger partial charge in [0.25, 0.3) is 0 Å². The van der Waals surface area contributed by atoms with Crippen molar-refractivity contribution < 1.29 is 19.1 Å². The number of esters is 1. The highest BCUT2D eigenvalue weighted by Crippen LogP contribution is 2.21. The lowest BCUT2D eigenvalue weighted by molar-refractivity contribution is -0.143. The summed E-state index contributed by atoms with van der Waals surface area (Å²) in [7, 11) is 0. The van der Waals surface area contributed by atoms with Crippen molar-refractivity contribution in [1.29, 1.82) is 0 Å². The lowest BCUT2D eigenvalue weighted by Gasteiger charge is -2.27. The third-order valence-electron chi connectivity index (χ3n) is 2.35. The van der Waals surface area contributed by atoms with Crippen molar-refractivity contribution in [3.05, 3.63) is 12.8 Å². The van der Waals surface area contributed by atoms with Crippen LogP contribution in [0.3, 0.4) is 0 Å². The molecule has 0 N–H and O–H groups in total. The van der Waals surface area contributed by atoms with Gasteiger partial charge in [-0.05, 0) is 33.6 Å². The van der Waals surface area contributed by atoms with Crippen LogP contribution in [-0.2, 0) is 14.3 Å². The summed E-state index contributed by atoms with van der Waals surface area (Å²) in [5, 5.41) is 0. The molecule has 1 aliphatic heterocycles. The largest absolute Gasteiger partial charge is 0.444 e. The fourth-order valence-electron chi connectivity index (χ4n) is 1.71. The molecule has 1 fully saturated rings. The normalized spacial score (nSPS) is 19.9. The molecule has 0 spiro atoms. The molecule has 1 rings (SSSR count). The first kappa shape index (κ1) is 13.5. The second-order valence-electron chi connectivity index (χ2n) is 4.94. The summed E-state index contributed by atoms with van der Waals surface area (Å²) in [6, 6.07) is -0.553. The Morgan fingerprint density at radius 1 is 1.41 bits per heavy atom. The quantitative estimate of drug-likeness (QED) is 0.548. The monoisotopic (exact) mass is 241 g/mol. The van der Waals surface area contributed by atoms with E-state index in [4.69, 9.17) is 9.47 Å². The van der Waals surface area contributed by atoms with Gasteiger partial charge in [0.2, 0.25) is 0 Å². The molecule has 96 valence electrons. The lowest BCUT2D eigenvalue weighted by Crippen LogP contribution is -2.43. The standard InChI is InChI=1S/C12H19NO4/c1-5-16-10(14)9-7-6-8-13(9)11(15)17-12(2,3)4/h5,9H,1,6-8H2,2-4H3. The second-order valence-corrected chi connectivity index (χ2v) is 4.94. The van der Waals surface area contributed by atoms with Crippen LogP contribution in [-0.4, -0.2) is 35.2 Å². The van der Waals surface area contributed by atoms with E-state index in [9.17, 15) is 9.59 Å². The lowest BCUT2D eigenvalue weighted by atomic mass is 10.2. The molecule has 0 aliphatic carbocycles. The van der Waals surface area contributed by atoms with Crippen LogP contribution >= 0.6 is 0 Å². The van der Waals surface area contributed by atoms with Crippen LogP contribution in [0.4, 0.5) is 4.79 Å². The maximum Gasteiger partial charge on any atom is 0.411 e. The van der Waals surface area contributed by atoms with Gasteiger partial charge in [0.15, 0.2) is 0 Å². The topological polar surface area (TPSA) is 55.8 Å². The SMILES string of the molecule is C=COC(=O)C1CCCN1C(=O)OC(C)(C)C. The van der Waals surface area contributed by atoms with E-state index in [0.29, 0.717) is 13.0 Å². The molecule has 1 amide bonds. The zero-order valence-electron chi connectivity index (χ0n) is 10.6. The van der Waals surface area contributed by atoms with E-state index in [1.165, 1.54) is 4.90 Å². The number of hydrogen-bond acceptors (Lipinski definition) is 4. The van der Waals surface area contributed by atoms with Crippen LogP contribution < -0.4 is 0 Å². The molecule has 5 nitrogen and oxygen atoms in total. The summed E-state index contributed by atoms with van der Waals surface area (Å²) < 4.78 is 9.95. The molecule has 1 aliphatic rings. The Bertz CT molecular complexity index is 319. The molecule has 1 atom stereocenters. The van der Waals surface area contributed by atoms with Gasteiger partial charge in [0.05, 0.1) is 6.26 Å². The summed E-state index contributed by atoms with van der Waals surface area (Å²) in [6.07, 6.45) is 1.98. The molecular weight excluding hydrogens is 222 g/mol. The molecule has 0 aromatic rings. The van der Waals surface area contributed by atoms with Gasteiger partial charge in [-0.25, -0.2) is 9.59 Å². The zero-order chi connectivity index (χ0) is 13.1. The van der Waals surface area contributed by atoms with Crippen LogP contribution in [0, 0.1) is 0 Å². The molecule has 0 radical (unpaired) electrons. The number of ether oxygens (including phenoxy) is 2. The first-order valence-corrected chi connectivity index (χ1v) is 5.66. The number of likely N-dealkylation sites (tertiary alicyclic amines) is 1. The van der Waals surface area contributed by atoms with Gasteiger partial charge < -0.3 is 9.47 Å². The molecule has 0 saturated carbocycles. The number of carbonyl (C=O) groups excluding carboxylic acids is 2. The van der Waals surface area contributed by atoms with E-state index in [1.54, 1.807) is 20.8 Å². The smallest absolute Gasteiger partial charge is 0.411 e. The zero-order valence-corrected chi connectivity index (χ0v) is 10.6. The molecule has 17 heavy (non-hydrogen) atoms. The Kier molecular flexibility index (Phi) is 4.15. The van der Waals surface area contributed by atoms with Crippen LogP contribution in [0.2, 0.25) is 0 Å². The van der Waals surface area contributed by atoms with Gasteiger partial charge in [0, 0.05) is 6.54 Å². The molecule has 5 heteroatoms. The minimum absolute atomic E-state index is 0.455. The van der Waals surface area contributed by atoms with E-state index in [1.807, 2.05) is 0 Å². The Labute approximate surface area is 101 Å². The summed E-state index contributed by atoms with van der Waals surface area (Å²) >= 11 is 0. The first-order chi connectivity index (χ1) is 7.85. The van der Waals surface area contributed by atoms with E-state index >= 15 is 0 Å². The predicted molar refractivity (Wildman–Crippen MR) is 62.3 cm³/mol. The third kappa shape index (κ3) is 3.76. The molecule has 1 heterocycles. The molecular formula is C12H19NO4. The Morgan fingerprint density at radius 2 is 2.06 bits per heavy atom. The van der Waals surface area contributed by atoms with Gasteiger partial charge in [-0.1, -0.05) is 6.58 Å². The van der Waals surface area contributed by atoms with Crippen molar-refractivity contribution in [2.24, 2.45) is 0 Å². The van der Waals surface area contributed by atoms with Gasteiger partial charge >= 0.3 is 12.1 Å². The van der Waals surface area contributed by atoms with Crippen LogP contribution in [0.5, 0.6) is 0 Å². The van der Waals surface area contributed by atoms with Gasteiger partial charge in [-0.2, -0.15) is 0 Å². The van der Waals surface area contributed by atoms with E-state index in [0.717, 1.165) is 12.7 Å². The van der Waals surface area contributed by atoms with Crippen molar-refractivity contribution in [3.8, 4) is 0 Å². The Morgan fingerprint density at radius 3 is 2.59 bits per heavy atom. The van der Waals surface area contributed by atoms with E-state index in [2.05, 4.69) is 6.58 Å². The highest BCUT2D eigenvalue weighted by molar-refractivity contribution is 5.82. The van der Waals surface area contributed by atoms with Crippen LogP contribution in [0.1, 0.15) is 33.6 Å². The summed E-state index contributed by atoms with van der Waals surface area (Å²) in [5.41, 5.74) is -0.563. The summed E-state index contributed by atoms with van der Waals surface area (Å²) in [5.74, 6) is -0.455. The number of rotatable bonds is 2. The minimum Gasteiger partial charge on any atom is -0.444 e. The highest BCUT2D eigenvalue weighted by Gasteiger charge is 2.37. The predicted octanol–water partition coefficient (Wildman–Crippen LogP) is 2.07. The Balaban J connectivity index is 2.66. The molecule has 1 saturated heterocycles. The summed E-state index contributed by atoms with van der Waals surface area (Å²) in [4.78, 5) is 24.8. The first-order valence-electron chi connectivity index (χ1n) is 5.66. The number of amides is 1. The fourth-order valence-corrected chi connectivity index (χ4v) is 1.71. The van der Waals surface area contributed by atoms with Crippen molar-refractivity contribution in [1.82, 2.24) is 4.90 Å². The summed E-state index contributed by atoms with van der Waals surface area (Å²) in [6.45, 7) is 9.21. The molecule has 0 aromatic carbocycles. The number of hydrogen-bond donors (Lipinski definition) is 0. The minimum atomic E-state index is -0.563. The van der Waals surface area contributed by atoms with E-state index in [-0.39, 0.29) is 0 Å². The van der Waals surface area contributed by atoms with Gasteiger partial charge in [0.1, 0.15) is 11.6 Å². The van der Waals surface area contributed by atoms with Crippen molar-refractivity contribution in [3.63, 3.8) is 0 Å². The number of carbonyl (C=O) groups is 2. The maximum absolute atomic E-state index is 11.9. The highest BCUT2D eigenvalue weighted by atomic mass is 16.6.